The van der Waals surface area contributed by atoms with Crippen molar-refractivity contribution in [3.8, 4) is 0 Å². The maximum absolute atomic E-state index is 5.98. The van der Waals surface area contributed by atoms with E-state index < -0.39 is 0 Å². The predicted octanol–water partition coefficient (Wildman–Crippen LogP) is 3.22. The van der Waals surface area contributed by atoms with Crippen molar-refractivity contribution < 1.29 is 4.74 Å². The Morgan fingerprint density at radius 3 is 2.83 bits per heavy atom. The van der Waals surface area contributed by atoms with Gasteiger partial charge >= 0.3 is 0 Å². The van der Waals surface area contributed by atoms with Crippen molar-refractivity contribution in [1.29, 1.82) is 0 Å². The number of nitrogens with zero attached hydrogens (tertiary/aromatic N) is 2. The van der Waals surface area contributed by atoms with Crippen molar-refractivity contribution in [2.75, 3.05) is 23.9 Å². The second-order valence-electron chi connectivity index (χ2n) is 3.83. The van der Waals surface area contributed by atoms with Crippen LogP contribution in [0.3, 0.4) is 0 Å². The van der Waals surface area contributed by atoms with Gasteiger partial charge in [0.25, 0.3) is 0 Å². The van der Waals surface area contributed by atoms with Gasteiger partial charge in [-0.2, -0.15) is 11.8 Å². The molecule has 102 valence electrons. The molecule has 1 unspecified atom stereocenters. The average molecular weight is 290 g/mol. The Hall–Kier alpha value is -0.520. The fourth-order valence-corrected chi connectivity index (χ4v) is 2.39. The molecular weight excluding hydrogens is 270 g/mol. The highest BCUT2D eigenvalue weighted by molar-refractivity contribution is 7.98. The number of thioether (sulfide) groups is 1. The number of anilines is 1. The molecule has 0 aromatic carbocycles. The molecule has 1 aromatic rings. The molecule has 0 saturated heterocycles. The minimum absolute atomic E-state index is 0.394. The Bertz CT molecular complexity index is 365. The summed E-state index contributed by atoms with van der Waals surface area (Å²) in [7, 11) is 0. The summed E-state index contributed by atoms with van der Waals surface area (Å²) in [6.45, 7) is 5.13. The molecule has 1 N–H and O–H groups in total. The van der Waals surface area contributed by atoms with Crippen LogP contribution in [0.25, 0.3) is 0 Å². The molecular formula is C12H20ClN3OS. The summed E-state index contributed by atoms with van der Waals surface area (Å²) < 4.78 is 5.29. The van der Waals surface area contributed by atoms with E-state index >= 15 is 0 Å². The average Bonchev–Trinajstić information content (AvgIpc) is 2.35. The van der Waals surface area contributed by atoms with E-state index in [2.05, 4.69) is 28.5 Å². The molecule has 0 spiro atoms. The fourth-order valence-electron chi connectivity index (χ4n) is 1.47. The number of ether oxygens (including phenoxy) is 1. The van der Waals surface area contributed by atoms with Gasteiger partial charge in [-0.3, -0.25) is 0 Å². The monoisotopic (exact) mass is 289 g/mol. The van der Waals surface area contributed by atoms with E-state index in [0.717, 1.165) is 18.0 Å². The number of hydrogen-bond acceptors (Lipinski definition) is 5. The summed E-state index contributed by atoms with van der Waals surface area (Å²) in [5.41, 5.74) is 0. The van der Waals surface area contributed by atoms with Gasteiger partial charge in [0.1, 0.15) is 17.6 Å². The molecule has 1 heterocycles. The smallest absolute Gasteiger partial charge is 0.158 e. The summed E-state index contributed by atoms with van der Waals surface area (Å²) in [6.07, 6.45) is 3.14. The Morgan fingerprint density at radius 2 is 2.22 bits per heavy atom. The summed E-state index contributed by atoms with van der Waals surface area (Å²) in [5, 5.41) is 3.82. The first kappa shape index (κ1) is 15.5. The molecule has 0 aliphatic carbocycles. The molecule has 0 fully saturated rings. The first-order valence-corrected chi connectivity index (χ1v) is 7.83. The van der Waals surface area contributed by atoms with Crippen LogP contribution in [0, 0.1) is 0 Å². The first-order valence-electron chi connectivity index (χ1n) is 6.06. The van der Waals surface area contributed by atoms with Gasteiger partial charge in [-0.1, -0.05) is 18.5 Å². The van der Waals surface area contributed by atoms with Gasteiger partial charge in [0.2, 0.25) is 0 Å². The number of aromatic nitrogens is 2. The van der Waals surface area contributed by atoms with Crippen molar-refractivity contribution in [1.82, 2.24) is 9.97 Å². The van der Waals surface area contributed by atoms with Gasteiger partial charge in [-0.05, 0) is 19.6 Å². The van der Waals surface area contributed by atoms with Crippen LogP contribution in [0.1, 0.15) is 26.1 Å². The SMILES string of the molecule is CCOCc1nc(Cl)cc(NC(CC)CSC)n1. The van der Waals surface area contributed by atoms with E-state index in [-0.39, 0.29) is 0 Å². The molecule has 0 aliphatic heterocycles. The number of rotatable bonds is 8. The second-order valence-corrected chi connectivity index (χ2v) is 5.13. The standard InChI is InChI=1S/C12H20ClN3OS/c1-4-9(8-18-3)14-11-6-10(13)15-12(16-11)7-17-5-2/h6,9H,4-5,7-8H2,1-3H3,(H,14,15,16). The lowest BCUT2D eigenvalue weighted by Crippen LogP contribution is -2.22. The molecule has 0 aliphatic rings. The van der Waals surface area contributed by atoms with E-state index in [9.17, 15) is 0 Å². The third-order valence-corrected chi connectivity index (χ3v) is 3.32. The molecule has 0 radical (unpaired) electrons. The van der Waals surface area contributed by atoms with Crippen LogP contribution in [-0.2, 0) is 11.3 Å². The summed E-state index contributed by atoms with van der Waals surface area (Å²) >= 11 is 7.79. The van der Waals surface area contributed by atoms with Crippen molar-refractivity contribution in [3.63, 3.8) is 0 Å². The zero-order valence-corrected chi connectivity index (χ0v) is 12.6. The topological polar surface area (TPSA) is 47.0 Å². The lowest BCUT2D eigenvalue weighted by atomic mass is 10.2. The Balaban J connectivity index is 2.71. The van der Waals surface area contributed by atoms with E-state index in [0.29, 0.717) is 30.2 Å². The summed E-state index contributed by atoms with van der Waals surface area (Å²) in [4.78, 5) is 8.53. The molecule has 18 heavy (non-hydrogen) atoms. The van der Waals surface area contributed by atoms with Crippen LogP contribution in [0.5, 0.6) is 0 Å². The highest BCUT2D eigenvalue weighted by Crippen LogP contribution is 2.15. The van der Waals surface area contributed by atoms with E-state index in [1.54, 1.807) is 6.07 Å². The van der Waals surface area contributed by atoms with Crippen LogP contribution in [0.15, 0.2) is 6.07 Å². The van der Waals surface area contributed by atoms with Crippen molar-refractivity contribution in [3.05, 3.63) is 17.0 Å². The van der Waals surface area contributed by atoms with Gasteiger partial charge in [-0.15, -0.1) is 0 Å². The largest absolute Gasteiger partial charge is 0.374 e. The van der Waals surface area contributed by atoms with Gasteiger partial charge in [0, 0.05) is 24.5 Å². The van der Waals surface area contributed by atoms with Crippen LogP contribution < -0.4 is 5.32 Å². The maximum Gasteiger partial charge on any atom is 0.158 e. The highest BCUT2D eigenvalue weighted by atomic mass is 35.5. The maximum atomic E-state index is 5.98. The van der Waals surface area contributed by atoms with Gasteiger partial charge in [0.05, 0.1) is 0 Å². The van der Waals surface area contributed by atoms with E-state index in [1.807, 2.05) is 18.7 Å². The molecule has 0 bridgehead atoms. The molecule has 6 heteroatoms. The van der Waals surface area contributed by atoms with Crippen molar-refractivity contribution >= 4 is 29.2 Å². The third kappa shape index (κ3) is 5.42. The highest BCUT2D eigenvalue weighted by Gasteiger charge is 2.08. The minimum atomic E-state index is 0.394. The van der Waals surface area contributed by atoms with Crippen LogP contribution in [0.4, 0.5) is 5.82 Å². The molecule has 1 atom stereocenters. The second kappa shape index (κ2) is 8.56. The Morgan fingerprint density at radius 1 is 1.44 bits per heavy atom. The van der Waals surface area contributed by atoms with Crippen molar-refractivity contribution in [2.45, 2.75) is 32.9 Å². The molecule has 4 nitrogen and oxygen atoms in total. The number of hydrogen-bond donors (Lipinski definition) is 1. The molecule has 0 amide bonds. The Labute approximate surface area is 118 Å². The number of nitrogens with one attached hydrogen (secondary N) is 1. The van der Waals surface area contributed by atoms with Crippen LogP contribution in [0.2, 0.25) is 5.15 Å². The minimum Gasteiger partial charge on any atom is -0.374 e. The zero-order chi connectivity index (χ0) is 13.4. The first-order chi connectivity index (χ1) is 8.69. The normalized spacial score (nSPS) is 12.4. The van der Waals surface area contributed by atoms with Crippen LogP contribution >= 0.6 is 23.4 Å². The zero-order valence-electron chi connectivity index (χ0n) is 11.1. The summed E-state index contributed by atoms with van der Waals surface area (Å²) in [6, 6.07) is 2.14. The lowest BCUT2D eigenvalue weighted by molar-refractivity contribution is 0.128. The summed E-state index contributed by atoms with van der Waals surface area (Å²) in [5.74, 6) is 2.43. The molecule has 1 aromatic heterocycles. The lowest BCUT2D eigenvalue weighted by Gasteiger charge is -2.16. The number of halogens is 1. The van der Waals surface area contributed by atoms with Crippen molar-refractivity contribution in [2.24, 2.45) is 0 Å². The fraction of sp³-hybridized carbons (Fsp3) is 0.667. The van der Waals surface area contributed by atoms with E-state index in [4.69, 9.17) is 16.3 Å². The quantitative estimate of drug-likeness (QED) is 0.745. The van der Waals surface area contributed by atoms with E-state index in [1.165, 1.54) is 0 Å². The van der Waals surface area contributed by atoms with Gasteiger partial charge < -0.3 is 10.1 Å². The van der Waals surface area contributed by atoms with Gasteiger partial charge in [-0.25, -0.2) is 9.97 Å². The Kier molecular flexibility index (Phi) is 7.39. The van der Waals surface area contributed by atoms with Crippen LogP contribution in [-0.4, -0.2) is 34.6 Å². The molecule has 0 saturated carbocycles. The van der Waals surface area contributed by atoms with Gasteiger partial charge in [0.15, 0.2) is 5.82 Å². The predicted molar refractivity (Wildman–Crippen MR) is 78.5 cm³/mol. The molecule has 1 rings (SSSR count). The third-order valence-electron chi connectivity index (χ3n) is 2.39.